The lowest BCUT2D eigenvalue weighted by molar-refractivity contribution is 0.628. The van der Waals surface area contributed by atoms with E-state index in [4.69, 9.17) is 0 Å². The molecule has 1 radical (unpaired) electrons. The minimum atomic E-state index is -0.238. The molecule has 1 aromatic carbocycles. The van der Waals surface area contributed by atoms with Gasteiger partial charge in [-0.2, -0.15) is 10.5 Å². The van der Waals surface area contributed by atoms with Crippen LogP contribution < -0.4 is 5.43 Å². The Hall–Kier alpha value is -1.64. The number of hydrogen-bond donors (Lipinski definition) is 0. The first-order chi connectivity index (χ1) is 5.86. The average Bonchev–Trinajstić information content (AvgIpc) is 2.58. The van der Waals surface area contributed by atoms with Gasteiger partial charge in [0.05, 0.1) is 11.9 Å². The SMILES string of the molecule is Fc1ccc(C2=N[N]C=C2)cc1. The third-order valence-electron chi connectivity index (χ3n) is 1.60. The molecule has 1 aliphatic rings. The van der Waals surface area contributed by atoms with E-state index in [1.54, 1.807) is 24.4 Å². The van der Waals surface area contributed by atoms with Crippen molar-refractivity contribution >= 4 is 5.71 Å². The fourth-order valence-corrected chi connectivity index (χ4v) is 1.01. The van der Waals surface area contributed by atoms with Crippen LogP contribution >= 0.6 is 0 Å². The van der Waals surface area contributed by atoms with E-state index in [2.05, 4.69) is 10.5 Å². The van der Waals surface area contributed by atoms with E-state index in [-0.39, 0.29) is 5.82 Å². The van der Waals surface area contributed by atoms with Crippen LogP contribution in [0.3, 0.4) is 0 Å². The Labute approximate surface area is 69.4 Å². The Morgan fingerprint density at radius 2 is 1.83 bits per heavy atom. The van der Waals surface area contributed by atoms with Crippen molar-refractivity contribution in [2.45, 2.75) is 0 Å². The van der Waals surface area contributed by atoms with Crippen molar-refractivity contribution in [2.24, 2.45) is 5.10 Å². The van der Waals surface area contributed by atoms with Crippen molar-refractivity contribution in [3.8, 4) is 0 Å². The molecule has 3 heteroatoms. The highest BCUT2D eigenvalue weighted by Gasteiger charge is 2.03. The molecular formula is C9H6FN2. The normalized spacial score (nSPS) is 14.2. The van der Waals surface area contributed by atoms with Crippen LogP contribution in [-0.2, 0) is 0 Å². The Morgan fingerprint density at radius 3 is 2.42 bits per heavy atom. The number of rotatable bonds is 1. The molecule has 0 aliphatic carbocycles. The molecule has 0 spiro atoms. The van der Waals surface area contributed by atoms with Gasteiger partial charge in [0.2, 0.25) is 0 Å². The van der Waals surface area contributed by atoms with Crippen LogP contribution in [-0.4, -0.2) is 5.71 Å². The molecule has 1 heterocycles. The summed E-state index contributed by atoms with van der Waals surface area (Å²) in [6.07, 6.45) is 3.39. The third-order valence-corrected chi connectivity index (χ3v) is 1.60. The van der Waals surface area contributed by atoms with E-state index in [0.29, 0.717) is 0 Å². The standard InChI is InChI=1S/C9H6FN2/c10-8-3-1-7(2-4-8)9-5-6-11-12-9/h1-6H. The van der Waals surface area contributed by atoms with E-state index in [9.17, 15) is 4.39 Å². The van der Waals surface area contributed by atoms with Gasteiger partial charge < -0.3 is 0 Å². The van der Waals surface area contributed by atoms with Gasteiger partial charge in [0.1, 0.15) is 5.82 Å². The van der Waals surface area contributed by atoms with E-state index in [1.807, 2.05) is 0 Å². The van der Waals surface area contributed by atoms with Gasteiger partial charge in [-0.3, -0.25) is 0 Å². The van der Waals surface area contributed by atoms with E-state index >= 15 is 0 Å². The summed E-state index contributed by atoms with van der Waals surface area (Å²) >= 11 is 0. The Bertz CT molecular complexity index is 338. The first-order valence-electron chi connectivity index (χ1n) is 3.56. The highest BCUT2D eigenvalue weighted by atomic mass is 19.1. The zero-order chi connectivity index (χ0) is 8.39. The molecule has 0 unspecified atom stereocenters. The molecule has 59 valence electrons. The lowest BCUT2D eigenvalue weighted by atomic mass is 10.1. The molecule has 1 aliphatic heterocycles. The topological polar surface area (TPSA) is 26.5 Å². The zero-order valence-electron chi connectivity index (χ0n) is 6.24. The van der Waals surface area contributed by atoms with Crippen molar-refractivity contribution in [1.29, 1.82) is 0 Å². The lowest BCUT2D eigenvalue weighted by Crippen LogP contribution is -1.93. The Morgan fingerprint density at radius 1 is 1.08 bits per heavy atom. The van der Waals surface area contributed by atoms with E-state index in [1.165, 1.54) is 12.1 Å². The summed E-state index contributed by atoms with van der Waals surface area (Å²) < 4.78 is 12.5. The smallest absolute Gasteiger partial charge is 0.123 e. The molecule has 0 N–H and O–H groups in total. The molecule has 0 aromatic heterocycles. The molecule has 0 fully saturated rings. The molecular weight excluding hydrogens is 155 g/mol. The van der Waals surface area contributed by atoms with Crippen LogP contribution in [0.2, 0.25) is 0 Å². The average molecular weight is 161 g/mol. The minimum absolute atomic E-state index is 0.238. The fraction of sp³-hybridized carbons (Fsp3) is 0. The van der Waals surface area contributed by atoms with Gasteiger partial charge in [-0.25, -0.2) is 4.39 Å². The minimum Gasteiger partial charge on any atom is -0.207 e. The van der Waals surface area contributed by atoms with E-state index < -0.39 is 0 Å². The van der Waals surface area contributed by atoms with Crippen LogP contribution in [0.25, 0.3) is 0 Å². The molecule has 0 bridgehead atoms. The molecule has 0 saturated heterocycles. The number of halogens is 1. The van der Waals surface area contributed by atoms with Crippen molar-refractivity contribution < 1.29 is 4.39 Å². The maximum Gasteiger partial charge on any atom is 0.123 e. The molecule has 2 nitrogen and oxygen atoms in total. The summed E-state index contributed by atoms with van der Waals surface area (Å²) in [4.78, 5) is 0. The molecule has 12 heavy (non-hydrogen) atoms. The molecule has 0 saturated carbocycles. The highest BCUT2D eigenvalue weighted by molar-refractivity contribution is 6.09. The summed E-state index contributed by atoms with van der Waals surface area (Å²) in [7, 11) is 0. The van der Waals surface area contributed by atoms with Crippen molar-refractivity contribution in [3.63, 3.8) is 0 Å². The Balaban J connectivity index is 2.35. The first kappa shape index (κ1) is 7.03. The summed E-state index contributed by atoms with van der Waals surface area (Å²) in [5.41, 5.74) is 5.33. The second kappa shape index (κ2) is 2.77. The summed E-state index contributed by atoms with van der Waals surface area (Å²) in [5.74, 6) is -0.238. The lowest BCUT2D eigenvalue weighted by Gasteiger charge is -1.95. The quantitative estimate of drug-likeness (QED) is 0.599. The molecule has 1 aromatic rings. The number of benzene rings is 1. The third kappa shape index (κ3) is 1.21. The zero-order valence-corrected chi connectivity index (χ0v) is 6.24. The summed E-state index contributed by atoms with van der Waals surface area (Å²) in [6.45, 7) is 0. The maximum absolute atomic E-state index is 12.5. The van der Waals surface area contributed by atoms with Crippen LogP contribution in [0.15, 0.2) is 41.6 Å². The molecule has 2 rings (SSSR count). The van der Waals surface area contributed by atoms with Crippen molar-refractivity contribution in [2.75, 3.05) is 0 Å². The summed E-state index contributed by atoms with van der Waals surface area (Å²) in [6, 6.07) is 6.17. The molecule has 0 amide bonds. The maximum atomic E-state index is 12.5. The number of hydrogen-bond acceptors (Lipinski definition) is 1. The Kier molecular flexibility index (Phi) is 1.63. The largest absolute Gasteiger partial charge is 0.207 e. The van der Waals surface area contributed by atoms with Gasteiger partial charge in [0, 0.05) is 5.56 Å². The summed E-state index contributed by atoms with van der Waals surface area (Å²) in [5, 5.41) is 3.84. The first-order valence-corrected chi connectivity index (χ1v) is 3.56. The van der Waals surface area contributed by atoms with Gasteiger partial charge in [0.25, 0.3) is 0 Å². The monoisotopic (exact) mass is 161 g/mol. The second-order valence-electron chi connectivity index (χ2n) is 2.42. The van der Waals surface area contributed by atoms with Gasteiger partial charge in [0.15, 0.2) is 0 Å². The van der Waals surface area contributed by atoms with Gasteiger partial charge >= 0.3 is 0 Å². The predicted molar refractivity (Wildman–Crippen MR) is 44.2 cm³/mol. The predicted octanol–water partition coefficient (Wildman–Crippen LogP) is 1.66. The van der Waals surface area contributed by atoms with Gasteiger partial charge in [-0.05, 0) is 30.3 Å². The van der Waals surface area contributed by atoms with Crippen LogP contribution in [0.4, 0.5) is 4.39 Å². The van der Waals surface area contributed by atoms with E-state index in [0.717, 1.165) is 11.3 Å². The van der Waals surface area contributed by atoms with Crippen LogP contribution in [0.1, 0.15) is 5.56 Å². The number of nitrogens with zero attached hydrogens (tertiary/aromatic N) is 2. The van der Waals surface area contributed by atoms with Crippen LogP contribution in [0.5, 0.6) is 0 Å². The fourth-order valence-electron chi connectivity index (χ4n) is 1.01. The highest BCUT2D eigenvalue weighted by Crippen LogP contribution is 2.07. The van der Waals surface area contributed by atoms with Gasteiger partial charge in [-0.1, -0.05) is 0 Å². The van der Waals surface area contributed by atoms with Crippen LogP contribution in [0, 0.1) is 5.82 Å². The molecule has 0 atom stereocenters. The van der Waals surface area contributed by atoms with Crippen molar-refractivity contribution in [3.05, 3.63) is 47.9 Å². The number of allylic oxidation sites excluding steroid dienone is 1. The van der Waals surface area contributed by atoms with Gasteiger partial charge in [-0.15, -0.1) is 0 Å². The second-order valence-corrected chi connectivity index (χ2v) is 2.42. The van der Waals surface area contributed by atoms with Crippen molar-refractivity contribution in [1.82, 2.24) is 5.43 Å².